The van der Waals surface area contributed by atoms with Crippen molar-refractivity contribution < 1.29 is 9.90 Å². The Kier molecular flexibility index (Phi) is 6.79. The fourth-order valence-electron chi connectivity index (χ4n) is 0.810. The van der Waals surface area contributed by atoms with Crippen molar-refractivity contribution in [1.29, 1.82) is 0 Å². The van der Waals surface area contributed by atoms with Gasteiger partial charge in [-0.05, 0) is 12.8 Å². The summed E-state index contributed by atoms with van der Waals surface area (Å²) < 4.78 is 0. The molecule has 0 aromatic heterocycles. The van der Waals surface area contributed by atoms with Gasteiger partial charge in [0, 0.05) is 0 Å². The zero-order chi connectivity index (χ0) is 8.53. The average molecular weight is 155 g/mol. The summed E-state index contributed by atoms with van der Waals surface area (Å²) in [6.07, 6.45) is 8.17. The van der Waals surface area contributed by atoms with Crippen molar-refractivity contribution in [2.75, 3.05) is 0 Å². The largest absolute Gasteiger partial charge is 0.359 e. The van der Waals surface area contributed by atoms with Crippen LogP contribution in [0.2, 0.25) is 0 Å². The molecule has 0 saturated heterocycles. The summed E-state index contributed by atoms with van der Waals surface area (Å²) in [6, 6.07) is 0. The molecule has 2 nitrogen and oxygen atoms in total. The van der Waals surface area contributed by atoms with Gasteiger partial charge in [-0.15, -0.1) is 0 Å². The molecule has 63 valence electrons. The van der Waals surface area contributed by atoms with Gasteiger partial charge >= 0.3 is 5.97 Å². The molecule has 0 amide bonds. The smallest absolute Gasteiger partial charge is 0.247 e. The number of hydrogen-bond acceptors (Lipinski definition) is 1. The topological polar surface area (TPSA) is 37.0 Å². The molecule has 0 spiro atoms. The lowest BCUT2D eigenvalue weighted by Crippen LogP contribution is -1.86. The monoisotopic (exact) mass is 155 g/mol. The van der Waals surface area contributed by atoms with Crippen molar-refractivity contribution in [2.24, 2.45) is 0 Å². The fourth-order valence-corrected chi connectivity index (χ4v) is 0.810. The molecule has 0 heterocycles. The van der Waals surface area contributed by atoms with E-state index in [2.05, 4.69) is 6.92 Å². The van der Waals surface area contributed by atoms with Crippen molar-refractivity contribution in [1.82, 2.24) is 0 Å². The Labute approximate surface area is 67.9 Å². The molecule has 0 aromatic rings. The van der Waals surface area contributed by atoms with Gasteiger partial charge in [0.15, 0.2) is 0 Å². The third-order valence-electron chi connectivity index (χ3n) is 1.43. The SMILES string of the molecule is CCCCC/C=C\CC([O])=O. The molecular weight excluding hydrogens is 140 g/mol. The van der Waals surface area contributed by atoms with Crippen LogP contribution < -0.4 is 0 Å². The number of carbonyl (C=O) groups is 1. The highest BCUT2D eigenvalue weighted by Crippen LogP contribution is 1.99. The maximum Gasteiger partial charge on any atom is 0.359 e. The highest BCUT2D eigenvalue weighted by atomic mass is 16.4. The van der Waals surface area contributed by atoms with Crippen molar-refractivity contribution in [3.05, 3.63) is 12.2 Å². The van der Waals surface area contributed by atoms with Gasteiger partial charge in [0.1, 0.15) is 0 Å². The minimum absolute atomic E-state index is 0.0477. The zero-order valence-corrected chi connectivity index (χ0v) is 7.01. The molecular formula is C9H15O2. The summed E-state index contributed by atoms with van der Waals surface area (Å²) >= 11 is 0. The first-order chi connectivity index (χ1) is 5.27. The van der Waals surface area contributed by atoms with Crippen LogP contribution in [0.4, 0.5) is 0 Å². The van der Waals surface area contributed by atoms with E-state index < -0.39 is 5.97 Å². The molecule has 0 aliphatic rings. The lowest BCUT2D eigenvalue weighted by Gasteiger charge is -1.90. The number of unbranched alkanes of at least 4 members (excludes halogenated alkanes) is 3. The second kappa shape index (κ2) is 7.32. The summed E-state index contributed by atoms with van der Waals surface area (Å²) in [7, 11) is 0. The van der Waals surface area contributed by atoms with Gasteiger partial charge in [-0.1, -0.05) is 31.9 Å². The van der Waals surface area contributed by atoms with E-state index >= 15 is 0 Å². The first-order valence-electron chi connectivity index (χ1n) is 4.12. The van der Waals surface area contributed by atoms with Crippen molar-refractivity contribution in [3.8, 4) is 0 Å². The fraction of sp³-hybridized carbons (Fsp3) is 0.667. The maximum absolute atomic E-state index is 9.93. The average Bonchev–Trinajstić information content (AvgIpc) is 1.96. The van der Waals surface area contributed by atoms with Crippen LogP contribution in [-0.2, 0) is 9.90 Å². The highest BCUT2D eigenvalue weighted by molar-refractivity contribution is 5.68. The normalized spacial score (nSPS) is 10.6. The molecule has 0 rings (SSSR count). The molecule has 0 aliphatic carbocycles. The summed E-state index contributed by atoms with van der Waals surface area (Å²) in [6.45, 7) is 2.14. The molecule has 0 unspecified atom stereocenters. The Bertz CT molecular complexity index is 128. The Morgan fingerprint density at radius 3 is 2.55 bits per heavy atom. The number of allylic oxidation sites excluding steroid dienone is 1. The van der Waals surface area contributed by atoms with E-state index in [0.717, 1.165) is 12.8 Å². The van der Waals surface area contributed by atoms with Gasteiger partial charge in [0.25, 0.3) is 0 Å². The van der Waals surface area contributed by atoms with Gasteiger partial charge in [0.2, 0.25) is 0 Å². The molecule has 0 saturated carbocycles. The van der Waals surface area contributed by atoms with Crippen LogP contribution in [0.15, 0.2) is 12.2 Å². The van der Waals surface area contributed by atoms with Crippen LogP contribution in [0.3, 0.4) is 0 Å². The van der Waals surface area contributed by atoms with Crippen molar-refractivity contribution >= 4 is 5.97 Å². The Balaban J connectivity index is 3.10. The van der Waals surface area contributed by atoms with E-state index in [9.17, 15) is 9.90 Å². The summed E-state index contributed by atoms with van der Waals surface area (Å²) in [5.74, 6) is -1.00. The van der Waals surface area contributed by atoms with Gasteiger partial charge in [-0.25, -0.2) is 9.90 Å². The zero-order valence-electron chi connectivity index (χ0n) is 7.01. The molecule has 0 N–H and O–H groups in total. The van der Waals surface area contributed by atoms with Crippen LogP contribution in [0.1, 0.15) is 39.0 Å². The second-order valence-corrected chi connectivity index (χ2v) is 2.54. The summed E-state index contributed by atoms with van der Waals surface area (Å²) in [5.41, 5.74) is 0. The van der Waals surface area contributed by atoms with Crippen LogP contribution in [0.25, 0.3) is 0 Å². The molecule has 11 heavy (non-hydrogen) atoms. The van der Waals surface area contributed by atoms with Crippen molar-refractivity contribution in [2.45, 2.75) is 39.0 Å². The van der Waals surface area contributed by atoms with E-state index in [1.54, 1.807) is 6.08 Å². The molecule has 2 heteroatoms. The lowest BCUT2D eigenvalue weighted by molar-refractivity contribution is -0.142. The predicted octanol–water partition coefficient (Wildman–Crippen LogP) is 2.47. The van der Waals surface area contributed by atoms with Crippen LogP contribution >= 0.6 is 0 Å². The number of hydrogen-bond donors (Lipinski definition) is 0. The molecule has 0 fully saturated rings. The minimum atomic E-state index is -1.00. The Hall–Kier alpha value is -0.790. The molecule has 0 bridgehead atoms. The van der Waals surface area contributed by atoms with E-state index in [1.807, 2.05) is 6.08 Å². The number of rotatable bonds is 6. The van der Waals surface area contributed by atoms with E-state index in [-0.39, 0.29) is 6.42 Å². The molecule has 1 radical (unpaired) electrons. The quantitative estimate of drug-likeness (QED) is 0.429. The van der Waals surface area contributed by atoms with Gasteiger partial charge in [-0.2, -0.15) is 0 Å². The Morgan fingerprint density at radius 2 is 2.00 bits per heavy atom. The predicted molar refractivity (Wildman–Crippen MR) is 43.6 cm³/mol. The van der Waals surface area contributed by atoms with Gasteiger partial charge in [0.05, 0.1) is 6.42 Å². The summed E-state index contributed by atoms with van der Waals surface area (Å²) in [5, 5.41) is 9.93. The van der Waals surface area contributed by atoms with Gasteiger partial charge < -0.3 is 0 Å². The maximum atomic E-state index is 9.93. The van der Waals surface area contributed by atoms with Crippen LogP contribution in [0, 0.1) is 0 Å². The highest BCUT2D eigenvalue weighted by Gasteiger charge is 1.91. The van der Waals surface area contributed by atoms with E-state index in [1.165, 1.54) is 12.8 Å². The molecule has 0 aliphatic heterocycles. The second-order valence-electron chi connectivity index (χ2n) is 2.54. The number of carbonyl (C=O) groups excluding carboxylic acids is 1. The molecule has 0 atom stereocenters. The third-order valence-corrected chi connectivity index (χ3v) is 1.43. The van der Waals surface area contributed by atoms with Crippen LogP contribution in [-0.4, -0.2) is 5.97 Å². The molecule has 0 aromatic carbocycles. The lowest BCUT2D eigenvalue weighted by atomic mass is 10.2. The summed E-state index contributed by atoms with van der Waals surface area (Å²) in [4.78, 5) is 9.93. The first-order valence-corrected chi connectivity index (χ1v) is 4.12. The van der Waals surface area contributed by atoms with E-state index in [0.29, 0.717) is 0 Å². The van der Waals surface area contributed by atoms with Gasteiger partial charge in [-0.3, -0.25) is 0 Å². The standard InChI is InChI=1S/C9H15O2/c1-2-3-4-5-6-7-8-9(10)11/h6-7H,2-5,8H2,1H3/b7-6-. The van der Waals surface area contributed by atoms with Crippen molar-refractivity contribution in [3.63, 3.8) is 0 Å². The third kappa shape index (κ3) is 9.21. The van der Waals surface area contributed by atoms with E-state index in [4.69, 9.17) is 0 Å². The Morgan fingerprint density at radius 1 is 1.27 bits per heavy atom. The minimum Gasteiger partial charge on any atom is -0.247 e. The van der Waals surface area contributed by atoms with Crippen LogP contribution in [0.5, 0.6) is 0 Å². The first kappa shape index (κ1) is 10.2.